The molecule has 3 heteroatoms. The lowest BCUT2D eigenvalue weighted by Crippen LogP contribution is -2.22. The van der Waals surface area contributed by atoms with E-state index in [-0.39, 0.29) is 0 Å². The number of amidine groups is 1. The molecule has 0 saturated carbocycles. The lowest BCUT2D eigenvalue weighted by Gasteiger charge is -2.25. The number of unbranched alkanes of at least 4 members (excludes halogenated alkanes) is 1. The van der Waals surface area contributed by atoms with Gasteiger partial charge in [0.2, 0.25) is 0 Å². The molecule has 0 aromatic carbocycles. The lowest BCUT2D eigenvalue weighted by molar-refractivity contribution is 0.469. The summed E-state index contributed by atoms with van der Waals surface area (Å²) in [6.45, 7) is 21.9. The molecule has 0 fully saturated rings. The molecular weight excluding hydrogens is 390 g/mol. The third-order valence-corrected chi connectivity index (χ3v) is 6.78. The van der Waals surface area contributed by atoms with E-state index in [1.165, 1.54) is 53.7 Å². The molecule has 0 aromatic heterocycles. The van der Waals surface area contributed by atoms with E-state index in [0.29, 0.717) is 11.8 Å². The molecule has 2 unspecified atom stereocenters. The van der Waals surface area contributed by atoms with Gasteiger partial charge >= 0.3 is 0 Å². The Morgan fingerprint density at radius 1 is 1.09 bits per heavy atom. The van der Waals surface area contributed by atoms with Gasteiger partial charge in [0.1, 0.15) is 5.84 Å². The van der Waals surface area contributed by atoms with Crippen LogP contribution in [0.15, 0.2) is 63.7 Å². The highest BCUT2D eigenvalue weighted by molar-refractivity contribution is 6.04. The van der Waals surface area contributed by atoms with Crippen LogP contribution >= 0.6 is 0 Å². The largest absolute Gasteiger partial charge is 0.365 e. The van der Waals surface area contributed by atoms with E-state index in [2.05, 4.69) is 82.9 Å². The van der Waals surface area contributed by atoms with Gasteiger partial charge in [0.25, 0.3) is 0 Å². The first-order valence-corrected chi connectivity index (χ1v) is 12.8. The van der Waals surface area contributed by atoms with Crippen LogP contribution in [0.3, 0.4) is 0 Å². The number of nitrogens with one attached hydrogen (secondary N) is 2. The molecule has 0 aliphatic carbocycles. The molecule has 1 aliphatic heterocycles. The van der Waals surface area contributed by atoms with E-state index in [9.17, 15) is 0 Å². The second kappa shape index (κ2) is 14.9. The van der Waals surface area contributed by atoms with Crippen molar-refractivity contribution < 1.29 is 0 Å². The van der Waals surface area contributed by atoms with Crippen molar-refractivity contribution in [3.8, 4) is 0 Å². The zero-order chi connectivity index (χ0) is 24.1. The van der Waals surface area contributed by atoms with Gasteiger partial charge < -0.3 is 10.6 Å². The molecule has 3 nitrogen and oxygen atoms in total. The van der Waals surface area contributed by atoms with Crippen molar-refractivity contribution in [1.82, 2.24) is 10.6 Å². The summed E-state index contributed by atoms with van der Waals surface area (Å²) in [4.78, 5) is 4.53. The highest BCUT2D eigenvalue weighted by Crippen LogP contribution is 2.30. The van der Waals surface area contributed by atoms with Gasteiger partial charge in [-0.3, -0.25) is 0 Å². The Kier molecular flexibility index (Phi) is 13.1. The van der Waals surface area contributed by atoms with E-state index in [4.69, 9.17) is 0 Å². The molecule has 0 radical (unpaired) electrons. The van der Waals surface area contributed by atoms with Crippen molar-refractivity contribution >= 4 is 5.84 Å². The van der Waals surface area contributed by atoms with E-state index in [1.807, 2.05) is 13.1 Å². The van der Waals surface area contributed by atoms with Crippen molar-refractivity contribution in [2.75, 3.05) is 0 Å². The molecule has 1 aliphatic rings. The average Bonchev–Trinajstić information content (AvgIpc) is 3.23. The van der Waals surface area contributed by atoms with Crippen LogP contribution in [0.4, 0.5) is 0 Å². The van der Waals surface area contributed by atoms with Gasteiger partial charge in [-0.05, 0) is 83.4 Å². The van der Waals surface area contributed by atoms with Crippen LogP contribution in [0.25, 0.3) is 0 Å². The molecule has 1 heterocycles. The second-order valence-corrected chi connectivity index (χ2v) is 9.34. The summed E-state index contributed by atoms with van der Waals surface area (Å²) in [5.74, 6) is 2.12. The summed E-state index contributed by atoms with van der Waals surface area (Å²) < 4.78 is 0. The number of allylic oxidation sites excluding steroid dienone is 5. The third-order valence-electron chi connectivity index (χ3n) is 6.78. The molecule has 2 N–H and O–H groups in total. The smallest absolute Gasteiger partial charge is 0.137 e. The fourth-order valence-corrected chi connectivity index (χ4v) is 4.09. The van der Waals surface area contributed by atoms with Crippen molar-refractivity contribution in [2.24, 2.45) is 16.8 Å². The summed E-state index contributed by atoms with van der Waals surface area (Å²) in [5, 5.41) is 7.11. The summed E-state index contributed by atoms with van der Waals surface area (Å²) in [6.07, 6.45) is 15.6. The highest BCUT2D eigenvalue weighted by Gasteiger charge is 2.19. The Morgan fingerprint density at radius 2 is 1.81 bits per heavy atom. The Labute approximate surface area is 198 Å². The standard InChI is InChI=1S/C29H49N3/c1-10-14-15-26(28(23(8)12-3)31-20-24(9)22(7)11-2)17-16-25(13-4)27-18-19-30-29(27)32-21(5)6/h18-20,22,26,31H,5,10-17H2,1-4,6-9H3,(H,30,32)/b24-20+,27-25+,28-23+. The summed E-state index contributed by atoms with van der Waals surface area (Å²) in [5.41, 5.74) is 8.02. The zero-order valence-electron chi connectivity index (χ0n) is 22.2. The minimum Gasteiger partial charge on any atom is -0.365 e. The van der Waals surface area contributed by atoms with Crippen LogP contribution in [0.5, 0.6) is 0 Å². The first-order valence-electron chi connectivity index (χ1n) is 12.8. The molecule has 0 amide bonds. The van der Waals surface area contributed by atoms with Crippen molar-refractivity contribution in [1.29, 1.82) is 0 Å². The fourth-order valence-electron chi connectivity index (χ4n) is 4.09. The maximum absolute atomic E-state index is 4.53. The van der Waals surface area contributed by atoms with Crippen LogP contribution in [0.1, 0.15) is 107 Å². The predicted octanol–water partition coefficient (Wildman–Crippen LogP) is 8.55. The quantitative estimate of drug-likeness (QED) is 0.284. The minimum atomic E-state index is 0.554. The van der Waals surface area contributed by atoms with Crippen LogP contribution in [0.2, 0.25) is 0 Å². The molecular formula is C29H49N3. The van der Waals surface area contributed by atoms with Crippen molar-refractivity contribution in [2.45, 2.75) is 107 Å². The Hall–Kier alpha value is -2.03. The molecule has 0 aromatic rings. The number of nitrogens with zero attached hydrogens (tertiary/aromatic N) is 1. The van der Waals surface area contributed by atoms with E-state index in [0.717, 1.165) is 37.2 Å². The SMILES string of the molecule is C=C(C)NC1=NC=C/C1=C(/CC)CCC(CCCC)/C(N/C=C(\C)C(C)CC)=C(/C)CC. The van der Waals surface area contributed by atoms with Crippen molar-refractivity contribution in [3.63, 3.8) is 0 Å². The van der Waals surface area contributed by atoms with Crippen LogP contribution < -0.4 is 10.6 Å². The van der Waals surface area contributed by atoms with Crippen molar-refractivity contribution in [3.05, 3.63) is 58.7 Å². The predicted molar refractivity (Wildman–Crippen MR) is 143 cm³/mol. The maximum Gasteiger partial charge on any atom is 0.137 e. The number of rotatable bonds is 14. The maximum atomic E-state index is 4.53. The van der Waals surface area contributed by atoms with Gasteiger partial charge in [0.05, 0.1) is 0 Å². The molecule has 1 rings (SSSR count). The number of hydrogen-bond donors (Lipinski definition) is 2. The topological polar surface area (TPSA) is 36.4 Å². The van der Waals surface area contributed by atoms with E-state index in [1.54, 1.807) is 0 Å². The third kappa shape index (κ3) is 8.84. The normalized spacial score (nSPS) is 18.1. The molecule has 2 atom stereocenters. The van der Waals surface area contributed by atoms with Gasteiger partial charge in [-0.2, -0.15) is 0 Å². The molecule has 180 valence electrons. The first kappa shape index (κ1) is 28.0. The zero-order valence-corrected chi connectivity index (χ0v) is 22.2. The lowest BCUT2D eigenvalue weighted by atomic mass is 9.87. The van der Waals surface area contributed by atoms with Crippen LogP contribution in [0, 0.1) is 11.8 Å². The fraction of sp³-hybridized carbons (Fsp3) is 0.621. The summed E-state index contributed by atoms with van der Waals surface area (Å²) in [7, 11) is 0. The Balaban J connectivity index is 3.13. The monoisotopic (exact) mass is 439 g/mol. The second-order valence-electron chi connectivity index (χ2n) is 9.34. The van der Waals surface area contributed by atoms with Gasteiger partial charge in [-0.25, -0.2) is 4.99 Å². The van der Waals surface area contributed by atoms with Crippen LogP contribution in [-0.4, -0.2) is 5.84 Å². The molecule has 0 bridgehead atoms. The van der Waals surface area contributed by atoms with E-state index < -0.39 is 0 Å². The summed E-state index contributed by atoms with van der Waals surface area (Å²) in [6, 6.07) is 0. The minimum absolute atomic E-state index is 0.554. The van der Waals surface area contributed by atoms with Gasteiger partial charge in [-0.15, -0.1) is 0 Å². The Morgan fingerprint density at radius 3 is 2.38 bits per heavy atom. The van der Waals surface area contributed by atoms with Gasteiger partial charge in [0, 0.05) is 23.2 Å². The molecule has 0 saturated heterocycles. The summed E-state index contributed by atoms with van der Waals surface area (Å²) >= 11 is 0. The Bertz CT molecular complexity index is 761. The van der Waals surface area contributed by atoms with Gasteiger partial charge in [-0.1, -0.05) is 70.8 Å². The number of hydrogen-bond acceptors (Lipinski definition) is 3. The highest BCUT2D eigenvalue weighted by atomic mass is 15.0. The van der Waals surface area contributed by atoms with E-state index >= 15 is 0 Å². The number of aliphatic imine (C=N–C) groups is 1. The molecule has 32 heavy (non-hydrogen) atoms. The average molecular weight is 440 g/mol. The molecule has 0 spiro atoms. The first-order chi connectivity index (χ1) is 15.3. The van der Waals surface area contributed by atoms with Gasteiger partial charge in [0.15, 0.2) is 0 Å². The van der Waals surface area contributed by atoms with Crippen LogP contribution in [-0.2, 0) is 0 Å².